The molecule has 0 unspecified atom stereocenters. The van der Waals surface area contributed by atoms with E-state index in [1.165, 1.54) is 12.8 Å². The first-order valence-corrected chi connectivity index (χ1v) is 9.86. The van der Waals surface area contributed by atoms with Gasteiger partial charge < -0.3 is 30.6 Å². The number of rotatable bonds is 5. The Balaban J connectivity index is 0.000000247. The third-order valence-corrected chi connectivity index (χ3v) is 5.55. The number of carboxylic acids is 2. The Morgan fingerprint density at radius 3 is 2.22 bits per heavy atom. The number of aliphatic carboxylic acids is 2. The second-order valence-corrected chi connectivity index (χ2v) is 7.57. The Kier molecular flexibility index (Phi) is 7.04. The molecule has 12 nitrogen and oxygen atoms in total. The highest BCUT2D eigenvalue weighted by Gasteiger charge is 2.35. The van der Waals surface area contributed by atoms with Gasteiger partial charge in [-0.25, -0.2) is 19.6 Å². The van der Waals surface area contributed by atoms with Crippen molar-refractivity contribution in [3.63, 3.8) is 0 Å². The van der Waals surface area contributed by atoms with Gasteiger partial charge in [0, 0.05) is 18.8 Å². The lowest BCUT2D eigenvalue weighted by atomic mass is 9.84. The fourth-order valence-electron chi connectivity index (χ4n) is 3.75. The van der Waals surface area contributed by atoms with Gasteiger partial charge in [-0.2, -0.15) is 0 Å². The Morgan fingerprint density at radius 1 is 1.09 bits per heavy atom. The van der Waals surface area contributed by atoms with Crippen LogP contribution in [0.15, 0.2) is 18.6 Å². The van der Waals surface area contributed by atoms with E-state index in [1.54, 1.807) is 23.0 Å². The van der Waals surface area contributed by atoms with Crippen molar-refractivity contribution in [1.82, 2.24) is 24.6 Å². The lowest BCUT2D eigenvalue weighted by Gasteiger charge is -2.44. The zero-order chi connectivity index (χ0) is 23.4. The number of nitrogens with one attached hydrogen (secondary N) is 1. The molecular weight excluding hydrogens is 422 g/mol. The molecule has 0 saturated carbocycles. The number of aliphatic hydroxyl groups excluding tert-OH is 2. The average Bonchev–Trinajstić information content (AvgIpc) is 3.21. The lowest BCUT2D eigenvalue weighted by Crippen LogP contribution is -2.57. The summed E-state index contributed by atoms with van der Waals surface area (Å²) in [6, 6.07) is 0.224. The third kappa shape index (κ3) is 5.02. The summed E-state index contributed by atoms with van der Waals surface area (Å²) in [7, 11) is 0. The molecule has 3 atom stereocenters. The van der Waals surface area contributed by atoms with Crippen molar-refractivity contribution in [3.8, 4) is 12.3 Å². The molecule has 3 saturated heterocycles. The predicted molar refractivity (Wildman–Crippen MR) is 109 cm³/mol. The Labute approximate surface area is 182 Å². The summed E-state index contributed by atoms with van der Waals surface area (Å²) in [6.45, 7) is 3.25. The van der Waals surface area contributed by atoms with E-state index in [9.17, 15) is 14.4 Å². The largest absolute Gasteiger partial charge is 0.479 e. The molecule has 1 amide bonds. The minimum atomic E-state index is -2.27. The maximum Gasteiger partial charge on any atom is 0.335 e. The van der Waals surface area contributed by atoms with Crippen LogP contribution in [-0.4, -0.2) is 95.4 Å². The molecule has 2 aromatic rings. The number of imidazole rings is 1. The van der Waals surface area contributed by atoms with Gasteiger partial charge in [-0.1, -0.05) is 5.92 Å². The lowest BCUT2D eigenvalue weighted by molar-refractivity contribution is -0.165. The molecular formula is C20H23N5O7. The third-order valence-electron chi connectivity index (χ3n) is 5.55. The van der Waals surface area contributed by atoms with E-state index in [1.807, 2.05) is 0 Å². The number of hydrogen-bond acceptors (Lipinski definition) is 8. The standard InChI is InChI=1S/C16H17N5O.C4H6O6/c1-2-12-7-18-15-8-17-14(10-21(12)15)16(22)19-13-9-20-5-3-11(13)4-6-20;5-1(3(7)8)2(6)4(9)10/h1,7-8,10-11,13H,3-6,9H2,(H,19,22);1-2,5-6H,(H,7,8)(H,9,10)/t13-;1-,2-/m01/s1. The first-order valence-electron chi connectivity index (χ1n) is 9.86. The van der Waals surface area contributed by atoms with Gasteiger partial charge in [-0.3, -0.25) is 9.20 Å². The molecule has 3 aliphatic rings. The predicted octanol–water partition coefficient (Wildman–Crippen LogP) is -1.59. The van der Waals surface area contributed by atoms with E-state index in [-0.39, 0.29) is 11.9 Å². The molecule has 2 aromatic heterocycles. The van der Waals surface area contributed by atoms with Gasteiger partial charge in [0.1, 0.15) is 11.4 Å². The van der Waals surface area contributed by atoms with Crippen LogP contribution in [0, 0.1) is 18.3 Å². The highest BCUT2D eigenvalue weighted by Crippen LogP contribution is 2.27. The van der Waals surface area contributed by atoms with Crippen LogP contribution < -0.4 is 5.32 Å². The molecule has 3 fully saturated rings. The van der Waals surface area contributed by atoms with E-state index in [0.717, 1.165) is 19.6 Å². The second kappa shape index (κ2) is 9.73. The van der Waals surface area contributed by atoms with Crippen LogP contribution in [0.4, 0.5) is 0 Å². The summed E-state index contributed by atoms with van der Waals surface area (Å²) in [4.78, 5) is 42.8. The normalized spacial score (nSPS) is 23.3. The van der Waals surface area contributed by atoms with Gasteiger partial charge >= 0.3 is 11.9 Å². The van der Waals surface area contributed by atoms with Crippen molar-refractivity contribution >= 4 is 23.5 Å². The molecule has 0 radical (unpaired) electrons. The number of carboxylic acid groups (broad SMARTS) is 2. The molecule has 3 aliphatic heterocycles. The second-order valence-electron chi connectivity index (χ2n) is 7.57. The van der Waals surface area contributed by atoms with Crippen LogP contribution in [-0.2, 0) is 9.59 Å². The van der Waals surface area contributed by atoms with Crippen LogP contribution in [0.3, 0.4) is 0 Å². The highest BCUT2D eigenvalue weighted by atomic mass is 16.4. The summed E-state index contributed by atoms with van der Waals surface area (Å²) in [5, 5.41) is 35.7. The van der Waals surface area contributed by atoms with Crippen LogP contribution in [0.25, 0.3) is 5.65 Å². The van der Waals surface area contributed by atoms with Gasteiger partial charge in [0.2, 0.25) is 0 Å². The fourth-order valence-corrected chi connectivity index (χ4v) is 3.75. The smallest absolute Gasteiger partial charge is 0.335 e. The molecule has 12 heteroatoms. The molecule has 5 N–H and O–H groups in total. The minimum Gasteiger partial charge on any atom is -0.479 e. The maximum absolute atomic E-state index is 12.5. The van der Waals surface area contributed by atoms with E-state index >= 15 is 0 Å². The summed E-state index contributed by atoms with van der Waals surface area (Å²) >= 11 is 0. The zero-order valence-corrected chi connectivity index (χ0v) is 17.0. The van der Waals surface area contributed by atoms with Crippen LogP contribution in [0.2, 0.25) is 0 Å². The molecule has 2 bridgehead atoms. The quantitative estimate of drug-likeness (QED) is 0.337. The van der Waals surface area contributed by atoms with Crippen LogP contribution in [0.1, 0.15) is 29.0 Å². The molecule has 0 spiro atoms. The number of hydrogen-bond donors (Lipinski definition) is 5. The molecule has 0 aromatic carbocycles. The molecule has 32 heavy (non-hydrogen) atoms. The van der Waals surface area contributed by atoms with Gasteiger partial charge in [-0.05, 0) is 31.8 Å². The van der Waals surface area contributed by atoms with E-state index < -0.39 is 24.1 Å². The molecule has 5 heterocycles. The van der Waals surface area contributed by atoms with Crippen molar-refractivity contribution in [3.05, 3.63) is 30.0 Å². The number of piperidine rings is 3. The number of carbonyl (C=O) groups excluding carboxylic acids is 1. The first-order chi connectivity index (χ1) is 15.2. The number of carbonyl (C=O) groups is 3. The number of nitrogens with zero attached hydrogens (tertiary/aromatic N) is 4. The SMILES string of the molecule is C#Cc1cnc2cnc(C(=O)N[C@H]3CN4CCC3CC4)cn12.O=C(O)[C@H](O)[C@@H](O)C(=O)O. The topological polar surface area (TPSA) is 178 Å². The van der Waals surface area contributed by atoms with Crippen molar-refractivity contribution in [1.29, 1.82) is 0 Å². The number of amides is 1. The average molecular weight is 445 g/mol. The number of aliphatic hydroxyl groups is 2. The Bertz CT molecular complexity index is 1040. The zero-order valence-electron chi connectivity index (χ0n) is 17.0. The number of aromatic nitrogens is 3. The van der Waals surface area contributed by atoms with Crippen LogP contribution in [0.5, 0.6) is 0 Å². The van der Waals surface area contributed by atoms with Crippen molar-refractivity contribution in [2.45, 2.75) is 31.1 Å². The molecule has 5 rings (SSSR count). The van der Waals surface area contributed by atoms with Gasteiger partial charge in [0.05, 0.1) is 12.4 Å². The highest BCUT2D eigenvalue weighted by molar-refractivity contribution is 5.92. The molecule has 170 valence electrons. The fraction of sp³-hybridized carbons (Fsp3) is 0.450. The monoisotopic (exact) mass is 445 g/mol. The van der Waals surface area contributed by atoms with E-state index in [4.69, 9.17) is 26.8 Å². The first kappa shape index (κ1) is 23.1. The van der Waals surface area contributed by atoms with Crippen LogP contribution >= 0.6 is 0 Å². The summed E-state index contributed by atoms with van der Waals surface area (Å²) in [5.74, 6) is -0.535. The number of fused-ring (bicyclic) bond motifs is 4. The summed E-state index contributed by atoms with van der Waals surface area (Å²) in [5.41, 5.74) is 1.64. The van der Waals surface area contributed by atoms with Gasteiger partial charge in [0.25, 0.3) is 5.91 Å². The van der Waals surface area contributed by atoms with Crippen molar-refractivity contribution < 1.29 is 34.8 Å². The Hall–Kier alpha value is -3.53. The minimum absolute atomic E-state index is 0.141. The maximum atomic E-state index is 12.5. The van der Waals surface area contributed by atoms with Crippen molar-refractivity contribution in [2.24, 2.45) is 5.92 Å². The van der Waals surface area contributed by atoms with E-state index in [0.29, 0.717) is 23.0 Å². The number of terminal acetylenes is 1. The van der Waals surface area contributed by atoms with Gasteiger partial charge in [0.15, 0.2) is 17.9 Å². The molecule has 0 aliphatic carbocycles. The summed E-state index contributed by atoms with van der Waals surface area (Å²) in [6.07, 6.45) is 8.08. The van der Waals surface area contributed by atoms with Gasteiger partial charge in [-0.15, -0.1) is 6.42 Å². The summed E-state index contributed by atoms with van der Waals surface area (Å²) < 4.78 is 1.72. The van der Waals surface area contributed by atoms with E-state index in [2.05, 4.69) is 26.1 Å². The van der Waals surface area contributed by atoms with Crippen molar-refractivity contribution in [2.75, 3.05) is 19.6 Å². The Morgan fingerprint density at radius 2 is 1.72 bits per heavy atom.